The second-order valence-electron chi connectivity index (χ2n) is 7.06. The Morgan fingerprint density at radius 1 is 1.13 bits per heavy atom. The fourth-order valence-electron chi connectivity index (χ4n) is 3.63. The minimum Gasteiger partial charge on any atom is -0.494 e. The Labute approximate surface area is 174 Å². The van der Waals surface area contributed by atoms with Crippen LogP contribution in [0.4, 0.5) is 0 Å². The zero-order valence-corrected chi connectivity index (χ0v) is 17.2. The summed E-state index contributed by atoms with van der Waals surface area (Å²) >= 11 is 0. The number of fused-ring (bicyclic) bond motifs is 1. The number of ether oxygens (including phenoxy) is 2. The topological polar surface area (TPSA) is 93.2 Å². The molecule has 0 amide bonds. The van der Waals surface area contributed by atoms with Gasteiger partial charge in [0.15, 0.2) is 0 Å². The fraction of sp³-hybridized carbons (Fsp3) is 0.364. The third-order valence-electron chi connectivity index (χ3n) is 5.03. The number of hydrogen-bond donors (Lipinski definition) is 1. The number of aromatic amines is 1. The molecular weight excluding hydrogens is 382 g/mol. The van der Waals surface area contributed by atoms with Crippen molar-refractivity contribution < 1.29 is 9.47 Å². The zero-order chi connectivity index (χ0) is 20.9. The van der Waals surface area contributed by atoms with E-state index >= 15 is 0 Å². The van der Waals surface area contributed by atoms with Gasteiger partial charge in [-0.3, -0.25) is 9.69 Å². The van der Waals surface area contributed by atoms with Gasteiger partial charge in [0.05, 0.1) is 30.0 Å². The monoisotopic (exact) mass is 407 g/mol. The van der Waals surface area contributed by atoms with Gasteiger partial charge in [-0.1, -0.05) is 6.07 Å². The van der Waals surface area contributed by atoms with E-state index in [1.807, 2.05) is 32.0 Å². The van der Waals surface area contributed by atoms with Crippen molar-refractivity contribution in [1.29, 1.82) is 0 Å². The lowest BCUT2D eigenvalue weighted by molar-refractivity contribution is 0.235. The molecule has 1 aromatic carbocycles. The molecule has 0 saturated heterocycles. The molecule has 0 fully saturated rings. The highest BCUT2D eigenvalue weighted by molar-refractivity contribution is 5.52. The summed E-state index contributed by atoms with van der Waals surface area (Å²) < 4.78 is 11.4. The van der Waals surface area contributed by atoms with E-state index in [2.05, 4.69) is 24.8 Å². The van der Waals surface area contributed by atoms with E-state index in [-0.39, 0.29) is 5.56 Å². The van der Waals surface area contributed by atoms with Gasteiger partial charge in [0.25, 0.3) is 5.56 Å². The van der Waals surface area contributed by atoms with E-state index in [0.717, 1.165) is 29.3 Å². The van der Waals surface area contributed by atoms with Crippen LogP contribution in [0.2, 0.25) is 0 Å². The fourth-order valence-corrected chi connectivity index (χ4v) is 3.63. The summed E-state index contributed by atoms with van der Waals surface area (Å²) in [5.41, 5.74) is 3.22. The lowest BCUT2D eigenvalue weighted by atomic mass is 10.1. The van der Waals surface area contributed by atoms with Crippen molar-refractivity contribution in [3.05, 3.63) is 64.1 Å². The number of benzene rings is 1. The maximum Gasteiger partial charge on any atom is 0.255 e. The standard InChI is InChI=1S/C22H25N5O3/c1-3-29-17-6-5-15(20(9-17)30-4-2)12-27-8-7-19-18(13-27)22(28)26-21(25-19)16-10-23-14-24-11-16/h5-6,9-11,14H,3-4,7-8,12-13H2,1-2H3,(H,25,26,28). The smallest absolute Gasteiger partial charge is 0.255 e. The van der Waals surface area contributed by atoms with Crippen LogP contribution in [0, 0.1) is 0 Å². The second-order valence-corrected chi connectivity index (χ2v) is 7.06. The van der Waals surface area contributed by atoms with Gasteiger partial charge in [-0.2, -0.15) is 0 Å². The quantitative estimate of drug-likeness (QED) is 0.643. The summed E-state index contributed by atoms with van der Waals surface area (Å²) in [6.07, 6.45) is 5.46. The van der Waals surface area contributed by atoms with Crippen molar-refractivity contribution in [2.24, 2.45) is 0 Å². The molecule has 1 aliphatic rings. The molecule has 3 heterocycles. The predicted molar refractivity (Wildman–Crippen MR) is 112 cm³/mol. The molecule has 2 aromatic heterocycles. The van der Waals surface area contributed by atoms with E-state index in [0.29, 0.717) is 49.7 Å². The summed E-state index contributed by atoms with van der Waals surface area (Å²) in [5.74, 6) is 2.13. The van der Waals surface area contributed by atoms with Gasteiger partial charge in [-0.15, -0.1) is 0 Å². The maximum absolute atomic E-state index is 12.7. The molecular formula is C22H25N5O3. The van der Waals surface area contributed by atoms with Crippen LogP contribution >= 0.6 is 0 Å². The third-order valence-corrected chi connectivity index (χ3v) is 5.03. The maximum atomic E-state index is 12.7. The SMILES string of the molecule is CCOc1ccc(CN2CCc3nc(-c4cncnc4)[nH]c(=O)c3C2)c(OCC)c1. The van der Waals surface area contributed by atoms with Crippen molar-refractivity contribution in [3.8, 4) is 22.9 Å². The Kier molecular flexibility index (Phi) is 6.04. The first-order chi connectivity index (χ1) is 14.7. The lowest BCUT2D eigenvalue weighted by Gasteiger charge is -2.28. The number of hydrogen-bond acceptors (Lipinski definition) is 7. The van der Waals surface area contributed by atoms with E-state index in [4.69, 9.17) is 9.47 Å². The molecule has 1 N–H and O–H groups in total. The molecule has 0 saturated carbocycles. The summed E-state index contributed by atoms with van der Waals surface area (Å²) in [6, 6.07) is 5.93. The molecule has 3 aromatic rings. The van der Waals surface area contributed by atoms with Gasteiger partial charge < -0.3 is 14.5 Å². The highest BCUT2D eigenvalue weighted by Crippen LogP contribution is 2.28. The number of H-pyrrole nitrogens is 1. The van der Waals surface area contributed by atoms with Crippen molar-refractivity contribution >= 4 is 0 Å². The van der Waals surface area contributed by atoms with E-state index in [9.17, 15) is 4.79 Å². The van der Waals surface area contributed by atoms with Crippen LogP contribution < -0.4 is 15.0 Å². The largest absolute Gasteiger partial charge is 0.494 e. The van der Waals surface area contributed by atoms with Crippen molar-refractivity contribution in [2.75, 3.05) is 19.8 Å². The Hall–Kier alpha value is -3.26. The minimum atomic E-state index is -0.111. The molecule has 0 radical (unpaired) electrons. The van der Waals surface area contributed by atoms with Crippen LogP contribution in [-0.4, -0.2) is 44.6 Å². The van der Waals surface area contributed by atoms with Gasteiger partial charge in [0.1, 0.15) is 23.7 Å². The Bertz CT molecular complexity index is 1070. The first-order valence-corrected chi connectivity index (χ1v) is 10.2. The predicted octanol–water partition coefficient (Wildman–Crippen LogP) is 2.58. The average molecular weight is 407 g/mol. The molecule has 8 heteroatoms. The minimum absolute atomic E-state index is 0.111. The number of nitrogens with one attached hydrogen (secondary N) is 1. The first-order valence-electron chi connectivity index (χ1n) is 10.2. The molecule has 0 bridgehead atoms. The van der Waals surface area contributed by atoms with Crippen LogP contribution in [0.5, 0.6) is 11.5 Å². The molecule has 0 aliphatic carbocycles. The summed E-state index contributed by atoms with van der Waals surface area (Å²) in [5, 5.41) is 0. The van der Waals surface area contributed by atoms with Crippen LogP contribution in [0.25, 0.3) is 11.4 Å². The van der Waals surface area contributed by atoms with Crippen molar-refractivity contribution in [3.63, 3.8) is 0 Å². The first kappa shape index (κ1) is 20.0. The normalized spacial score (nSPS) is 13.7. The summed E-state index contributed by atoms with van der Waals surface area (Å²) in [7, 11) is 0. The van der Waals surface area contributed by atoms with Crippen LogP contribution in [-0.2, 0) is 19.5 Å². The molecule has 4 rings (SSSR count). The molecule has 156 valence electrons. The van der Waals surface area contributed by atoms with Crippen molar-refractivity contribution in [2.45, 2.75) is 33.4 Å². The average Bonchev–Trinajstić information content (AvgIpc) is 2.77. The molecule has 0 unspecified atom stereocenters. The molecule has 0 spiro atoms. The van der Waals surface area contributed by atoms with Crippen molar-refractivity contribution in [1.82, 2.24) is 24.8 Å². The van der Waals surface area contributed by atoms with Crippen LogP contribution in [0.3, 0.4) is 0 Å². The number of nitrogens with zero attached hydrogens (tertiary/aromatic N) is 4. The Morgan fingerprint density at radius 3 is 2.70 bits per heavy atom. The van der Waals surface area contributed by atoms with Gasteiger partial charge in [-0.25, -0.2) is 15.0 Å². The third kappa shape index (κ3) is 4.33. The molecule has 8 nitrogen and oxygen atoms in total. The highest BCUT2D eigenvalue weighted by Gasteiger charge is 2.22. The molecule has 30 heavy (non-hydrogen) atoms. The van der Waals surface area contributed by atoms with Gasteiger partial charge in [0, 0.05) is 50.1 Å². The van der Waals surface area contributed by atoms with E-state index in [1.54, 1.807) is 12.4 Å². The summed E-state index contributed by atoms with van der Waals surface area (Å²) in [4.78, 5) is 30.5. The molecule has 1 aliphatic heterocycles. The van der Waals surface area contributed by atoms with Gasteiger partial charge in [0.2, 0.25) is 0 Å². The highest BCUT2D eigenvalue weighted by atomic mass is 16.5. The van der Waals surface area contributed by atoms with E-state index in [1.165, 1.54) is 6.33 Å². The van der Waals surface area contributed by atoms with Gasteiger partial charge >= 0.3 is 0 Å². The van der Waals surface area contributed by atoms with Crippen LogP contribution in [0.15, 0.2) is 41.7 Å². The Morgan fingerprint density at radius 2 is 1.93 bits per heavy atom. The zero-order valence-electron chi connectivity index (χ0n) is 17.2. The lowest BCUT2D eigenvalue weighted by Crippen LogP contribution is -2.35. The Balaban J connectivity index is 1.54. The number of rotatable bonds is 7. The summed E-state index contributed by atoms with van der Waals surface area (Å²) in [6.45, 7) is 7.17. The molecule has 0 atom stereocenters. The van der Waals surface area contributed by atoms with Crippen LogP contribution in [0.1, 0.15) is 30.7 Å². The number of aromatic nitrogens is 4. The van der Waals surface area contributed by atoms with E-state index < -0.39 is 0 Å². The van der Waals surface area contributed by atoms with Gasteiger partial charge in [-0.05, 0) is 19.9 Å². The second kappa shape index (κ2) is 9.04.